The first-order valence-electron chi connectivity index (χ1n) is 8.49. The van der Waals surface area contributed by atoms with Crippen LogP contribution in [0, 0.1) is 5.92 Å². The van der Waals surface area contributed by atoms with Gasteiger partial charge >= 0.3 is 0 Å². The van der Waals surface area contributed by atoms with E-state index >= 15 is 0 Å². The highest BCUT2D eigenvalue weighted by Crippen LogP contribution is 2.43. The highest BCUT2D eigenvalue weighted by Gasteiger charge is 2.39. The summed E-state index contributed by atoms with van der Waals surface area (Å²) in [5, 5.41) is 3.88. The summed E-state index contributed by atoms with van der Waals surface area (Å²) in [6, 6.07) is 5.91. The third kappa shape index (κ3) is 1.92. The molecule has 3 unspecified atom stereocenters. The highest BCUT2D eigenvalue weighted by molar-refractivity contribution is 5.71. The van der Waals surface area contributed by atoms with E-state index in [1.165, 1.54) is 50.8 Å². The van der Waals surface area contributed by atoms with Gasteiger partial charge in [-0.1, -0.05) is 12.8 Å². The van der Waals surface area contributed by atoms with E-state index in [0.717, 1.165) is 23.1 Å². The lowest BCUT2D eigenvalue weighted by atomic mass is 9.85. The maximum Gasteiger partial charge on any atom is 0.160 e. The van der Waals surface area contributed by atoms with Gasteiger partial charge in [0.25, 0.3) is 0 Å². The summed E-state index contributed by atoms with van der Waals surface area (Å²) in [4.78, 5) is 9.55. The van der Waals surface area contributed by atoms with Gasteiger partial charge in [0.15, 0.2) is 5.65 Å². The Morgan fingerprint density at radius 3 is 2.90 bits per heavy atom. The van der Waals surface area contributed by atoms with Gasteiger partial charge in [-0.15, -0.1) is 0 Å². The monoisotopic (exact) mass is 282 g/mol. The van der Waals surface area contributed by atoms with Crippen molar-refractivity contribution in [3.8, 4) is 0 Å². The average Bonchev–Trinajstić information content (AvgIpc) is 3.14. The number of pyridine rings is 1. The lowest BCUT2D eigenvalue weighted by Gasteiger charge is -2.24. The lowest BCUT2D eigenvalue weighted by Crippen LogP contribution is -2.31. The molecule has 0 amide bonds. The molecule has 3 aliphatic rings. The van der Waals surface area contributed by atoms with Crippen molar-refractivity contribution in [3.63, 3.8) is 0 Å². The van der Waals surface area contributed by atoms with Crippen molar-refractivity contribution in [1.82, 2.24) is 19.9 Å². The summed E-state index contributed by atoms with van der Waals surface area (Å²) in [5.41, 5.74) is 2.16. The van der Waals surface area contributed by atoms with Gasteiger partial charge in [0.1, 0.15) is 11.3 Å². The fourth-order valence-corrected chi connectivity index (χ4v) is 4.40. The molecule has 110 valence electrons. The molecule has 1 aliphatic heterocycles. The van der Waals surface area contributed by atoms with Crippen molar-refractivity contribution in [3.05, 3.63) is 24.2 Å². The number of imidazole rings is 1. The fraction of sp³-hybridized carbons (Fsp3) is 0.647. The normalized spacial score (nSPS) is 32.5. The van der Waals surface area contributed by atoms with Crippen LogP contribution in [0.4, 0.5) is 0 Å². The van der Waals surface area contributed by atoms with E-state index in [2.05, 4.69) is 20.9 Å². The van der Waals surface area contributed by atoms with Crippen LogP contribution < -0.4 is 5.32 Å². The van der Waals surface area contributed by atoms with E-state index in [1.54, 1.807) is 0 Å². The molecule has 3 heterocycles. The van der Waals surface area contributed by atoms with Gasteiger partial charge in [-0.2, -0.15) is 0 Å². The minimum Gasteiger partial charge on any atom is -0.308 e. The van der Waals surface area contributed by atoms with E-state index in [9.17, 15) is 0 Å². The second-order valence-corrected chi connectivity index (χ2v) is 7.02. The molecular weight excluding hydrogens is 260 g/mol. The molecule has 2 saturated carbocycles. The average molecular weight is 282 g/mol. The van der Waals surface area contributed by atoms with Crippen LogP contribution in [0.5, 0.6) is 0 Å². The first-order chi connectivity index (χ1) is 10.4. The van der Waals surface area contributed by atoms with Crippen molar-refractivity contribution in [1.29, 1.82) is 0 Å². The zero-order valence-corrected chi connectivity index (χ0v) is 12.3. The quantitative estimate of drug-likeness (QED) is 0.918. The van der Waals surface area contributed by atoms with Crippen molar-refractivity contribution in [2.75, 3.05) is 0 Å². The topological polar surface area (TPSA) is 42.7 Å². The Kier molecular flexibility index (Phi) is 2.63. The second kappa shape index (κ2) is 4.54. The molecule has 0 radical (unpaired) electrons. The van der Waals surface area contributed by atoms with Crippen LogP contribution in [0.1, 0.15) is 62.9 Å². The molecule has 2 aliphatic carbocycles. The van der Waals surface area contributed by atoms with Gasteiger partial charge < -0.3 is 9.88 Å². The Morgan fingerprint density at radius 2 is 2.05 bits per heavy atom. The molecule has 4 nitrogen and oxygen atoms in total. The number of nitrogens with one attached hydrogen (secondary N) is 1. The largest absolute Gasteiger partial charge is 0.308 e. The number of aromatic nitrogens is 3. The van der Waals surface area contributed by atoms with Gasteiger partial charge in [-0.3, -0.25) is 0 Å². The van der Waals surface area contributed by atoms with E-state index in [-0.39, 0.29) is 0 Å². The Morgan fingerprint density at radius 1 is 1.14 bits per heavy atom. The van der Waals surface area contributed by atoms with Crippen molar-refractivity contribution < 1.29 is 0 Å². The summed E-state index contributed by atoms with van der Waals surface area (Å²) >= 11 is 0. The molecule has 5 rings (SSSR count). The van der Waals surface area contributed by atoms with Gasteiger partial charge in [-0.25, -0.2) is 9.97 Å². The van der Waals surface area contributed by atoms with Crippen LogP contribution in [-0.4, -0.2) is 20.6 Å². The first-order valence-corrected chi connectivity index (χ1v) is 8.49. The molecule has 0 bridgehead atoms. The summed E-state index contributed by atoms with van der Waals surface area (Å²) in [6.07, 6.45) is 11.3. The third-order valence-electron chi connectivity index (χ3n) is 5.56. The van der Waals surface area contributed by atoms with Crippen LogP contribution >= 0.6 is 0 Å². The Hall–Kier alpha value is -1.42. The van der Waals surface area contributed by atoms with Crippen molar-refractivity contribution >= 4 is 11.2 Å². The number of fused-ring (bicyclic) bond motifs is 2. The fourth-order valence-electron chi connectivity index (χ4n) is 4.40. The van der Waals surface area contributed by atoms with E-state index in [1.807, 2.05) is 12.3 Å². The highest BCUT2D eigenvalue weighted by atomic mass is 15.2. The molecule has 3 fully saturated rings. The van der Waals surface area contributed by atoms with Crippen LogP contribution in [0.3, 0.4) is 0 Å². The van der Waals surface area contributed by atoms with E-state index in [4.69, 9.17) is 4.98 Å². The third-order valence-corrected chi connectivity index (χ3v) is 5.56. The van der Waals surface area contributed by atoms with Crippen LogP contribution in [0.2, 0.25) is 0 Å². The maximum atomic E-state index is 4.95. The zero-order chi connectivity index (χ0) is 13.8. The van der Waals surface area contributed by atoms with Gasteiger partial charge in [0.2, 0.25) is 0 Å². The predicted molar refractivity (Wildman–Crippen MR) is 82.0 cm³/mol. The van der Waals surface area contributed by atoms with Crippen LogP contribution in [0.25, 0.3) is 11.2 Å². The summed E-state index contributed by atoms with van der Waals surface area (Å²) < 4.78 is 2.43. The Labute approximate surface area is 125 Å². The molecule has 2 aromatic heterocycles. The Bertz CT molecular complexity index is 658. The molecular formula is C17H22N4. The van der Waals surface area contributed by atoms with Gasteiger partial charge in [-0.05, 0) is 50.2 Å². The van der Waals surface area contributed by atoms with Gasteiger partial charge in [0.05, 0.1) is 6.04 Å². The molecule has 2 aromatic rings. The maximum absolute atomic E-state index is 4.95. The number of nitrogens with zero attached hydrogens (tertiary/aromatic N) is 3. The molecule has 3 atom stereocenters. The van der Waals surface area contributed by atoms with Gasteiger partial charge in [0, 0.05) is 18.3 Å². The van der Waals surface area contributed by atoms with E-state index in [0.29, 0.717) is 12.1 Å². The summed E-state index contributed by atoms with van der Waals surface area (Å²) in [5.74, 6) is 2.12. The van der Waals surface area contributed by atoms with Crippen LogP contribution in [-0.2, 0) is 0 Å². The predicted octanol–water partition coefficient (Wildman–Crippen LogP) is 3.36. The summed E-state index contributed by atoms with van der Waals surface area (Å²) in [6.45, 7) is 0. The number of rotatable bonds is 2. The Balaban J connectivity index is 1.56. The smallest absolute Gasteiger partial charge is 0.160 e. The minimum absolute atomic E-state index is 0.438. The minimum atomic E-state index is 0.438. The molecule has 4 heteroatoms. The van der Waals surface area contributed by atoms with Crippen LogP contribution in [0.15, 0.2) is 18.3 Å². The molecule has 1 saturated heterocycles. The second-order valence-electron chi connectivity index (χ2n) is 7.02. The number of hydrogen-bond donors (Lipinski definition) is 1. The zero-order valence-electron chi connectivity index (χ0n) is 12.3. The van der Waals surface area contributed by atoms with Crippen molar-refractivity contribution in [2.24, 2.45) is 5.92 Å². The first kappa shape index (κ1) is 12.2. The molecule has 1 N–H and O–H groups in total. The standard InChI is InChI=1S/C17H22N4/c1-2-5-13-11(4-1)10-15(19-13)17-20-14-6-3-9-18-16(14)21(17)12-7-8-12/h3,6,9,11-13,15,19H,1-2,4-5,7-8,10H2. The molecule has 0 spiro atoms. The number of hydrogen-bond acceptors (Lipinski definition) is 3. The van der Waals surface area contributed by atoms with E-state index < -0.39 is 0 Å². The SMILES string of the molecule is c1cnc2c(c1)nc(C1CC3CCCCC3N1)n2C1CC1. The molecule has 0 aromatic carbocycles. The summed E-state index contributed by atoms with van der Waals surface area (Å²) in [7, 11) is 0. The van der Waals surface area contributed by atoms with Crippen molar-refractivity contribution in [2.45, 2.75) is 63.1 Å². The molecule has 21 heavy (non-hydrogen) atoms. The lowest BCUT2D eigenvalue weighted by molar-refractivity contribution is 0.325.